The molecule has 0 radical (unpaired) electrons. The van der Waals surface area contributed by atoms with Crippen LogP contribution in [-0.4, -0.2) is 37.1 Å². The summed E-state index contributed by atoms with van der Waals surface area (Å²) in [6.07, 6.45) is 2.86. The molecule has 0 atom stereocenters. The van der Waals surface area contributed by atoms with Gasteiger partial charge in [-0.3, -0.25) is 0 Å². The Bertz CT molecular complexity index is 454. The smallest absolute Gasteiger partial charge is 0.423 e. The summed E-state index contributed by atoms with van der Waals surface area (Å²) in [5.41, 5.74) is 1.13. The normalized spacial score (nSPS) is 10.3. The number of nitrogens with zero attached hydrogens (tertiary/aromatic N) is 4. The largest absolute Gasteiger partial charge is 0.491 e. The van der Waals surface area contributed by atoms with Gasteiger partial charge in [0.2, 0.25) is 0 Å². The van der Waals surface area contributed by atoms with E-state index in [0.29, 0.717) is 11.3 Å². The molecule has 2 heterocycles. The molecule has 0 amide bonds. The van der Waals surface area contributed by atoms with E-state index >= 15 is 0 Å². The van der Waals surface area contributed by atoms with Gasteiger partial charge in [0, 0.05) is 17.9 Å². The second-order valence-corrected chi connectivity index (χ2v) is 3.12. The molecule has 2 aromatic rings. The Balaban J connectivity index is 2.33. The third kappa shape index (κ3) is 2.03. The van der Waals surface area contributed by atoms with Crippen LogP contribution in [0.25, 0.3) is 5.82 Å². The van der Waals surface area contributed by atoms with E-state index in [-0.39, 0.29) is 0 Å². The quantitative estimate of drug-likeness (QED) is 0.591. The van der Waals surface area contributed by atoms with Crippen molar-refractivity contribution in [3.8, 4) is 5.82 Å². The molecule has 0 spiro atoms. The summed E-state index contributed by atoms with van der Waals surface area (Å²) in [6, 6.07) is 3.56. The fourth-order valence-corrected chi connectivity index (χ4v) is 1.11. The van der Waals surface area contributed by atoms with Crippen LogP contribution in [0.3, 0.4) is 0 Å². The topological polar surface area (TPSA) is 84.1 Å². The molecule has 0 saturated heterocycles. The van der Waals surface area contributed by atoms with Crippen molar-refractivity contribution < 1.29 is 10.0 Å². The summed E-state index contributed by atoms with van der Waals surface area (Å²) in [7, 11) is -1.52. The van der Waals surface area contributed by atoms with Crippen molar-refractivity contribution in [3.05, 3.63) is 30.2 Å². The van der Waals surface area contributed by atoms with Crippen LogP contribution in [0.15, 0.2) is 24.5 Å². The van der Waals surface area contributed by atoms with Gasteiger partial charge < -0.3 is 10.0 Å². The van der Waals surface area contributed by atoms with E-state index in [2.05, 4.69) is 15.3 Å². The maximum absolute atomic E-state index is 8.89. The van der Waals surface area contributed by atoms with E-state index in [1.54, 1.807) is 12.1 Å². The summed E-state index contributed by atoms with van der Waals surface area (Å²) < 4.78 is 1.43. The van der Waals surface area contributed by atoms with Crippen molar-refractivity contribution >= 4 is 12.6 Å². The van der Waals surface area contributed by atoms with E-state index in [1.807, 2.05) is 6.92 Å². The lowest BCUT2D eigenvalue weighted by molar-refractivity contribution is 0.426. The van der Waals surface area contributed by atoms with Crippen LogP contribution in [-0.2, 0) is 0 Å². The molecule has 76 valence electrons. The number of hydrogen-bond donors (Lipinski definition) is 2. The third-order valence-electron chi connectivity index (χ3n) is 1.92. The second-order valence-electron chi connectivity index (χ2n) is 3.12. The SMILES string of the molecule is Cc1ccc(-n2cc(B(O)O)cn2)nn1. The molecule has 0 aliphatic carbocycles. The predicted molar refractivity (Wildman–Crippen MR) is 53.7 cm³/mol. The molecule has 0 fully saturated rings. The van der Waals surface area contributed by atoms with Gasteiger partial charge in [0.1, 0.15) is 0 Å². The fraction of sp³-hybridized carbons (Fsp3) is 0.125. The van der Waals surface area contributed by atoms with Crippen molar-refractivity contribution in [3.63, 3.8) is 0 Å². The lowest BCUT2D eigenvalue weighted by atomic mass is 9.83. The van der Waals surface area contributed by atoms with Crippen LogP contribution in [0.2, 0.25) is 0 Å². The van der Waals surface area contributed by atoms with Crippen LogP contribution in [0, 0.1) is 6.92 Å². The molecular formula is C8H9BN4O2. The first-order valence-electron chi connectivity index (χ1n) is 4.38. The maximum Gasteiger partial charge on any atom is 0.491 e. The Morgan fingerprint density at radius 1 is 1.27 bits per heavy atom. The average molecular weight is 204 g/mol. The van der Waals surface area contributed by atoms with E-state index in [1.165, 1.54) is 17.1 Å². The Morgan fingerprint density at radius 3 is 2.60 bits per heavy atom. The monoisotopic (exact) mass is 204 g/mol. The molecule has 7 heteroatoms. The minimum absolute atomic E-state index is 0.317. The Hall–Kier alpha value is -1.73. The first kappa shape index (κ1) is 9.82. The maximum atomic E-state index is 8.89. The zero-order chi connectivity index (χ0) is 10.8. The van der Waals surface area contributed by atoms with Gasteiger partial charge in [-0.25, -0.2) is 4.68 Å². The molecule has 0 bridgehead atoms. The third-order valence-corrected chi connectivity index (χ3v) is 1.92. The van der Waals surface area contributed by atoms with Gasteiger partial charge in [0.15, 0.2) is 5.82 Å². The zero-order valence-corrected chi connectivity index (χ0v) is 8.07. The highest BCUT2D eigenvalue weighted by atomic mass is 16.4. The van der Waals surface area contributed by atoms with Crippen LogP contribution in [0.5, 0.6) is 0 Å². The van der Waals surface area contributed by atoms with Crippen LogP contribution < -0.4 is 5.46 Å². The van der Waals surface area contributed by atoms with E-state index in [9.17, 15) is 0 Å². The highest BCUT2D eigenvalue weighted by Gasteiger charge is 2.13. The van der Waals surface area contributed by atoms with E-state index < -0.39 is 7.12 Å². The summed E-state index contributed by atoms with van der Waals surface area (Å²) in [5, 5.41) is 29.5. The van der Waals surface area contributed by atoms with Gasteiger partial charge in [0.25, 0.3) is 0 Å². The van der Waals surface area contributed by atoms with Crippen molar-refractivity contribution in [2.24, 2.45) is 0 Å². The summed E-state index contributed by atoms with van der Waals surface area (Å²) >= 11 is 0. The molecule has 0 unspecified atom stereocenters. The van der Waals surface area contributed by atoms with Crippen molar-refractivity contribution in [2.45, 2.75) is 6.92 Å². The Kier molecular flexibility index (Phi) is 2.48. The van der Waals surface area contributed by atoms with Crippen molar-refractivity contribution in [1.29, 1.82) is 0 Å². The predicted octanol–water partition coefficient (Wildman–Crippen LogP) is -1.35. The molecule has 0 saturated carbocycles. The first-order valence-corrected chi connectivity index (χ1v) is 4.38. The summed E-state index contributed by atoms with van der Waals surface area (Å²) in [5.74, 6) is 0.535. The van der Waals surface area contributed by atoms with Gasteiger partial charge in [-0.05, 0) is 19.1 Å². The lowest BCUT2D eigenvalue weighted by Gasteiger charge is -1.98. The van der Waals surface area contributed by atoms with Crippen LogP contribution in [0.1, 0.15) is 5.69 Å². The lowest BCUT2D eigenvalue weighted by Crippen LogP contribution is -2.28. The molecule has 0 aromatic carbocycles. The molecule has 6 nitrogen and oxygen atoms in total. The van der Waals surface area contributed by atoms with Crippen LogP contribution in [0.4, 0.5) is 0 Å². The molecule has 2 N–H and O–H groups in total. The van der Waals surface area contributed by atoms with Gasteiger partial charge >= 0.3 is 7.12 Å². The van der Waals surface area contributed by atoms with E-state index in [0.717, 1.165) is 5.69 Å². The fourth-order valence-electron chi connectivity index (χ4n) is 1.11. The standard InChI is InChI=1S/C8H9BN4O2/c1-6-2-3-8(12-11-6)13-5-7(4-10-13)9(14)15/h2-5,14-15H,1H3. The molecule has 2 aromatic heterocycles. The van der Waals surface area contributed by atoms with Crippen molar-refractivity contribution in [1.82, 2.24) is 20.0 Å². The average Bonchev–Trinajstić information content (AvgIpc) is 2.68. The highest BCUT2D eigenvalue weighted by Crippen LogP contribution is 2.00. The van der Waals surface area contributed by atoms with E-state index in [4.69, 9.17) is 10.0 Å². The van der Waals surface area contributed by atoms with Gasteiger partial charge in [-0.1, -0.05) is 0 Å². The second kappa shape index (κ2) is 3.80. The molecule has 15 heavy (non-hydrogen) atoms. The Labute approximate surface area is 86.3 Å². The minimum Gasteiger partial charge on any atom is -0.423 e. The van der Waals surface area contributed by atoms with Crippen LogP contribution >= 0.6 is 0 Å². The molecule has 2 rings (SSSR count). The molecule has 0 aliphatic heterocycles. The minimum atomic E-state index is -1.52. The van der Waals surface area contributed by atoms with Gasteiger partial charge in [-0.15, -0.1) is 5.10 Å². The van der Waals surface area contributed by atoms with Crippen molar-refractivity contribution in [2.75, 3.05) is 0 Å². The first-order chi connectivity index (χ1) is 7.16. The summed E-state index contributed by atoms with van der Waals surface area (Å²) in [4.78, 5) is 0. The van der Waals surface area contributed by atoms with Gasteiger partial charge in [-0.2, -0.15) is 10.2 Å². The zero-order valence-electron chi connectivity index (χ0n) is 8.07. The number of aromatic nitrogens is 4. The molecule has 0 aliphatic rings. The molecular weight excluding hydrogens is 195 g/mol. The highest BCUT2D eigenvalue weighted by molar-refractivity contribution is 6.58. The number of hydrogen-bond acceptors (Lipinski definition) is 5. The van der Waals surface area contributed by atoms with Gasteiger partial charge in [0.05, 0.1) is 5.69 Å². The Morgan fingerprint density at radius 2 is 2.07 bits per heavy atom. The number of aryl methyl sites for hydroxylation is 1. The summed E-state index contributed by atoms with van der Waals surface area (Å²) in [6.45, 7) is 1.84. The number of rotatable bonds is 2.